The lowest BCUT2D eigenvalue weighted by molar-refractivity contribution is 0.529. The molecule has 0 saturated heterocycles. The fourth-order valence-electron chi connectivity index (χ4n) is 1.73. The van der Waals surface area contributed by atoms with Crippen LogP contribution in [-0.4, -0.2) is 0 Å². The standard InChI is InChI=1S/C14H28/c1-4-5-6-7-8-9-10-11-12-13-14(2)3/h14H,1-2,4-13H2,3H3. The van der Waals surface area contributed by atoms with Gasteiger partial charge in [-0.3, -0.25) is 0 Å². The molecule has 0 aliphatic carbocycles. The van der Waals surface area contributed by atoms with E-state index in [9.17, 15) is 0 Å². The molecule has 0 heterocycles. The fraction of sp³-hybridized carbons (Fsp3) is 0.857. The summed E-state index contributed by atoms with van der Waals surface area (Å²) in [5, 5.41) is 0. The molecule has 0 aromatic rings. The second-order valence-electron chi connectivity index (χ2n) is 4.58. The summed E-state index contributed by atoms with van der Waals surface area (Å²) in [6.45, 7) is 10.1. The summed E-state index contributed by atoms with van der Waals surface area (Å²) in [4.78, 5) is 0. The highest BCUT2D eigenvalue weighted by molar-refractivity contribution is 4.54. The molecular weight excluding hydrogens is 168 g/mol. The maximum Gasteiger partial charge on any atom is -0.0443 e. The molecule has 14 heavy (non-hydrogen) atoms. The molecule has 0 rings (SSSR count). The van der Waals surface area contributed by atoms with Gasteiger partial charge in [-0.1, -0.05) is 85.0 Å². The van der Waals surface area contributed by atoms with Crippen LogP contribution in [0.2, 0.25) is 0 Å². The first-order chi connectivity index (χ1) is 6.77. The van der Waals surface area contributed by atoms with Crippen LogP contribution in [-0.2, 0) is 0 Å². The van der Waals surface area contributed by atoms with Crippen LogP contribution in [0.3, 0.4) is 0 Å². The van der Waals surface area contributed by atoms with E-state index in [1.165, 1.54) is 57.8 Å². The summed E-state index contributed by atoms with van der Waals surface area (Å²) in [7, 11) is 0. The number of unbranched alkanes of at least 4 members (excludes halogenated alkanes) is 8. The minimum absolute atomic E-state index is 0.645. The molecule has 0 nitrogen and oxygen atoms in total. The van der Waals surface area contributed by atoms with Crippen LogP contribution in [0.5, 0.6) is 0 Å². The first kappa shape index (κ1) is 14.0. The topological polar surface area (TPSA) is 0 Å². The average molecular weight is 196 g/mol. The quantitative estimate of drug-likeness (QED) is 0.422. The third kappa shape index (κ3) is 12.0. The van der Waals surface area contributed by atoms with Crippen molar-refractivity contribution in [1.29, 1.82) is 0 Å². The minimum atomic E-state index is 0.645. The first-order valence-electron chi connectivity index (χ1n) is 6.39. The van der Waals surface area contributed by atoms with Gasteiger partial charge in [0.15, 0.2) is 0 Å². The molecule has 0 spiro atoms. The molecule has 0 N–H and O–H groups in total. The molecule has 0 aromatic heterocycles. The SMILES string of the molecule is [CH2]CCCCCCCCCCC([CH2])C. The van der Waals surface area contributed by atoms with Crippen molar-refractivity contribution >= 4 is 0 Å². The minimum Gasteiger partial charge on any atom is -0.0625 e. The summed E-state index contributed by atoms with van der Waals surface area (Å²) in [5.41, 5.74) is 0. The summed E-state index contributed by atoms with van der Waals surface area (Å²) in [6, 6.07) is 0. The van der Waals surface area contributed by atoms with E-state index in [0.717, 1.165) is 6.42 Å². The van der Waals surface area contributed by atoms with Crippen molar-refractivity contribution in [1.82, 2.24) is 0 Å². The number of hydrogen-bond donors (Lipinski definition) is 0. The van der Waals surface area contributed by atoms with Crippen LogP contribution in [0.4, 0.5) is 0 Å². The highest BCUT2D eigenvalue weighted by atomic mass is 14.0. The van der Waals surface area contributed by atoms with Crippen molar-refractivity contribution in [3.8, 4) is 0 Å². The molecule has 0 aromatic carbocycles. The van der Waals surface area contributed by atoms with E-state index >= 15 is 0 Å². The number of rotatable bonds is 10. The summed E-state index contributed by atoms with van der Waals surface area (Å²) in [5.74, 6) is 0.645. The smallest absolute Gasteiger partial charge is 0.0443 e. The summed E-state index contributed by atoms with van der Waals surface area (Å²) < 4.78 is 0. The highest BCUT2D eigenvalue weighted by Crippen LogP contribution is 2.12. The Morgan fingerprint density at radius 2 is 1.21 bits per heavy atom. The van der Waals surface area contributed by atoms with Gasteiger partial charge < -0.3 is 0 Å². The van der Waals surface area contributed by atoms with E-state index in [1.807, 2.05) is 0 Å². The zero-order chi connectivity index (χ0) is 10.6. The number of hydrogen-bond acceptors (Lipinski definition) is 0. The van der Waals surface area contributed by atoms with Crippen LogP contribution >= 0.6 is 0 Å². The van der Waals surface area contributed by atoms with Crippen LogP contribution in [0.15, 0.2) is 0 Å². The average Bonchev–Trinajstić information content (AvgIpc) is 2.15. The van der Waals surface area contributed by atoms with Crippen molar-refractivity contribution in [2.75, 3.05) is 0 Å². The summed E-state index contributed by atoms with van der Waals surface area (Å²) in [6.07, 6.45) is 13.6. The van der Waals surface area contributed by atoms with Gasteiger partial charge in [-0.05, 0) is 5.92 Å². The molecule has 0 heteroatoms. The van der Waals surface area contributed by atoms with Crippen LogP contribution < -0.4 is 0 Å². The third-order valence-electron chi connectivity index (χ3n) is 2.70. The molecule has 0 amide bonds. The zero-order valence-electron chi connectivity index (χ0n) is 10.1. The lowest BCUT2D eigenvalue weighted by Crippen LogP contribution is -1.87. The van der Waals surface area contributed by atoms with Crippen molar-refractivity contribution in [3.05, 3.63) is 13.8 Å². The van der Waals surface area contributed by atoms with Gasteiger partial charge in [0.1, 0.15) is 0 Å². The molecule has 1 atom stereocenters. The van der Waals surface area contributed by atoms with E-state index in [1.54, 1.807) is 0 Å². The second-order valence-corrected chi connectivity index (χ2v) is 4.58. The van der Waals surface area contributed by atoms with E-state index in [0.29, 0.717) is 5.92 Å². The Morgan fingerprint density at radius 3 is 1.64 bits per heavy atom. The van der Waals surface area contributed by atoms with Gasteiger partial charge in [0.05, 0.1) is 0 Å². The second kappa shape index (κ2) is 11.1. The zero-order valence-corrected chi connectivity index (χ0v) is 10.1. The van der Waals surface area contributed by atoms with Gasteiger partial charge in [0.2, 0.25) is 0 Å². The Hall–Kier alpha value is 0. The van der Waals surface area contributed by atoms with Crippen molar-refractivity contribution in [2.24, 2.45) is 5.92 Å². The highest BCUT2D eigenvalue weighted by Gasteiger charge is 1.94. The van der Waals surface area contributed by atoms with E-state index in [2.05, 4.69) is 20.8 Å². The lowest BCUT2D eigenvalue weighted by Gasteiger charge is -2.04. The van der Waals surface area contributed by atoms with Gasteiger partial charge in [0, 0.05) is 0 Å². The van der Waals surface area contributed by atoms with Crippen LogP contribution in [0, 0.1) is 19.8 Å². The Balaban J connectivity index is 2.85. The van der Waals surface area contributed by atoms with E-state index < -0.39 is 0 Å². The molecule has 84 valence electrons. The molecule has 2 radical (unpaired) electrons. The Kier molecular flexibility index (Phi) is 11.1. The van der Waals surface area contributed by atoms with Gasteiger partial charge in [-0.2, -0.15) is 0 Å². The Bertz CT molecular complexity index is 94.2. The van der Waals surface area contributed by atoms with Gasteiger partial charge in [0.25, 0.3) is 0 Å². The van der Waals surface area contributed by atoms with Crippen LogP contribution in [0.25, 0.3) is 0 Å². The van der Waals surface area contributed by atoms with E-state index in [-0.39, 0.29) is 0 Å². The Morgan fingerprint density at radius 1 is 0.786 bits per heavy atom. The van der Waals surface area contributed by atoms with Crippen molar-refractivity contribution in [3.63, 3.8) is 0 Å². The van der Waals surface area contributed by atoms with Gasteiger partial charge in [-0.25, -0.2) is 0 Å². The molecule has 0 bridgehead atoms. The predicted octanol–water partition coefficient (Wildman–Crippen LogP) is 5.19. The van der Waals surface area contributed by atoms with Crippen molar-refractivity contribution < 1.29 is 0 Å². The largest absolute Gasteiger partial charge is 0.0625 e. The third-order valence-corrected chi connectivity index (χ3v) is 2.70. The predicted molar refractivity (Wildman–Crippen MR) is 66.0 cm³/mol. The van der Waals surface area contributed by atoms with Crippen LogP contribution in [0.1, 0.15) is 71.1 Å². The monoisotopic (exact) mass is 196 g/mol. The molecule has 0 aliphatic rings. The normalized spacial score (nSPS) is 11.1. The maximum absolute atomic E-state index is 4.00. The summed E-state index contributed by atoms with van der Waals surface area (Å²) >= 11 is 0. The van der Waals surface area contributed by atoms with Gasteiger partial charge in [-0.15, -0.1) is 0 Å². The van der Waals surface area contributed by atoms with E-state index in [4.69, 9.17) is 0 Å². The molecule has 0 aliphatic heterocycles. The van der Waals surface area contributed by atoms with Gasteiger partial charge >= 0.3 is 0 Å². The first-order valence-corrected chi connectivity index (χ1v) is 6.39. The Labute approximate surface area is 91.5 Å². The molecular formula is C14H28. The molecule has 1 unspecified atom stereocenters. The fourth-order valence-corrected chi connectivity index (χ4v) is 1.73. The molecule has 0 saturated carbocycles. The van der Waals surface area contributed by atoms with Crippen molar-refractivity contribution in [2.45, 2.75) is 71.1 Å². The lowest BCUT2D eigenvalue weighted by atomic mass is 10.0. The maximum atomic E-state index is 4.00. The molecule has 0 fully saturated rings.